The van der Waals surface area contributed by atoms with E-state index in [2.05, 4.69) is 9.97 Å². The number of rotatable bonds is 4. The van der Waals surface area contributed by atoms with Crippen molar-refractivity contribution < 1.29 is 14.3 Å². The molecule has 2 aromatic heterocycles. The fourth-order valence-electron chi connectivity index (χ4n) is 2.82. The molecule has 1 aliphatic heterocycles. The zero-order valence-electron chi connectivity index (χ0n) is 13.5. The highest BCUT2D eigenvalue weighted by Crippen LogP contribution is 2.33. The van der Waals surface area contributed by atoms with Gasteiger partial charge in [-0.25, -0.2) is 0 Å². The summed E-state index contributed by atoms with van der Waals surface area (Å²) < 4.78 is 11.8. The van der Waals surface area contributed by atoms with Gasteiger partial charge in [-0.3, -0.25) is 14.8 Å². The Bertz CT molecular complexity index is 842. The predicted octanol–water partition coefficient (Wildman–Crippen LogP) is 3.61. The molecule has 0 amide bonds. The summed E-state index contributed by atoms with van der Waals surface area (Å²) in [4.78, 5) is 20.4. The number of carbonyl (C=O) groups is 1. The Morgan fingerprint density at radius 2 is 1.92 bits per heavy atom. The smallest absolute Gasteiger partial charge is 0.169 e. The summed E-state index contributed by atoms with van der Waals surface area (Å²) in [7, 11) is 0. The highest BCUT2D eigenvalue weighted by molar-refractivity contribution is 5.99. The first-order valence-corrected chi connectivity index (χ1v) is 8.09. The van der Waals surface area contributed by atoms with Gasteiger partial charge in [-0.1, -0.05) is 6.07 Å². The molecule has 0 saturated heterocycles. The maximum atomic E-state index is 11.9. The van der Waals surface area contributed by atoms with E-state index in [-0.39, 0.29) is 11.9 Å². The second kappa shape index (κ2) is 6.73. The van der Waals surface area contributed by atoms with Crippen LogP contribution in [-0.4, -0.2) is 22.4 Å². The molecule has 5 heteroatoms. The molecule has 1 aliphatic rings. The fraction of sp³-hybridized carbons (Fsp3) is 0.150. The van der Waals surface area contributed by atoms with Gasteiger partial charge < -0.3 is 9.47 Å². The number of aromatic nitrogens is 2. The van der Waals surface area contributed by atoms with Crippen LogP contribution in [0.15, 0.2) is 67.1 Å². The van der Waals surface area contributed by atoms with Crippen LogP contribution >= 0.6 is 0 Å². The Kier molecular flexibility index (Phi) is 4.12. The molecule has 0 saturated carbocycles. The predicted molar refractivity (Wildman–Crippen MR) is 91.8 cm³/mol. The number of pyridine rings is 2. The van der Waals surface area contributed by atoms with Gasteiger partial charge in [0, 0.05) is 36.6 Å². The van der Waals surface area contributed by atoms with Gasteiger partial charge in [-0.05, 0) is 36.4 Å². The van der Waals surface area contributed by atoms with E-state index in [1.54, 1.807) is 36.8 Å². The van der Waals surface area contributed by atoms with Crippen LogP contribution in [0.5, 0.6) is 11.5 Å². The summed E-state index contributed by atoms with van der Waals surface area (Å²) in [6, 6.07) is 14.8. The van der Waals surface area contributed by atoms with Gasteiger partial charge in [0.25, 0.3) is 0 Å². The van der Waals surface area contributed by atoms with Crippen molar-refractivity contribution in [2.24, 2.45) is 0 Å². The molecule has 3 heterocycles. The molecule has 1 aromatic carbocycles. The SMILES string of the molecule is O=C1CCOc2cc(O[C@H](c3ccncc3)c3ccccn3)ccc21. The Labute approximate surface area is 145 Å². The maximum Gasteiger partial charge on any atom is 0.169 e. The largest absolute Gasteiger partial charge is 0.492 e. The summed E-state index contributed by atoms with van der Waals surface area (Å²) in [5.74, 6) is 1.30. The van der Waals surface area contributed by atoms with Gasteiger partial charge in [0.1, 0.15) is 11.5 Å². The first-order valence-electron chi connectivity index (χ1n) is 8.09. The third-order valence-electron chi connectivity index (χ3n) is 4.06. The van der Waals surface area contributed by atoms with Crippen LogP contribution in [0.1, 0.15) is 34.1 Å². The van der Waals surface area contributed by atoms with Crippen LogP contribution in [-0.2, 0) is 0 Å². The number of ketones is 1. The Morgan fingerprint density at radius 3 is 2.72 bits per heavy atom. The number of ether oxygens (including phenoxy) is 2. The summed E-state index contributed by atoms with van der Waals surface area (Å²) in [6.45, 7) is 0.406. The van der Waals surface area contributed by atoms with Crippen LogP contribution in [0.25, 0.3) is 0 Å². The molecule has 1 atom stereocenters. The second-order valence-electron chi connectivity index (χ2n) is 5.71. The average molecular weight is 332 g/mol. The molecular weight excluding hydrogens is 316 g/mol. The van der Waals surface area contributed by atoms with Gasteiger partial charge in [0.15, 0.2) is 11.9 Å². The number of benzene rings is 1. The number of carbonyl (C=O) groups excluding carboxylic acids is 1. The van der Waals surface area contributed by atoms with Gasteiger partial charge in [-0.15, -0.1) is 0 Å². The van der Waals surface area contributed by atoms with Crippen molar-refractivity contribution >= 4 is 5.78 Å². The third kappa shape index (κ3) is 3.21. The van der Waals surface area contributed by atoms with Crippen molar-refractivity contribution in [1.29, 1.82) is 0 Å². The number of hydrogen-bond acceptors (Lipinski definition) is 5. The lowest BCUT2D eigenvalue weighted by atomic mass is 10.0. The van der Waals surface area contributed by atoms with Crippen LogP contribution < -0.4 is 9.47 Å². The molecule has 124 valence electrons. The summed E-state index contributed by atoms with van der Waals surface area (Å²) in [6.07, 6.45) is 5.23. The van der Waals surface area contributed by atoms with E-state index in [0.29, 0.717) is 30.1 Å². The molecule has 3 aromatic rings. The van der Waals surface area contributed by atoms with Gasteiger partial charge in [-0.2, -0.15) is 0 Å². The van der Waals surface area contributed by atoms with E-state index in [4.69, 9.17) is 9.47 Å². The van der Waals surface area contributed by atoms with E-state index in [1.165, 1.54) is 0 Å². The Balaban J connectivity index is 1.69. The lowest BCUT2D eigenvalue weighted by molar-refractivity contribution is 0.0933. The van der Waals surface area contributed by atoms with Crippen molar-refractivity contribution in [2.45, 2.75) is 12.5 Å². The van der Waals surface area contributed by atoms with Crippen molar-refractivity contribution in [3.05, 3.63) is 83.9 Å². The first kappa shape index (κ1) is 15.3. The normalized spacial score (nSPS) is 14.3. The van der Waals surface area contributed by atoms with Gasteiger partial charge in [0.2, 0.25) is 0 Å². The highest BCUT2D eigenvalue weighted by Gasteiger charge is 2.21. The minimum absolute atomic E-state index is 0.100. The van der Waals surface area contributed by atoms with Crippen molar-refractivity contribution in [3.63, 3.8) is 0 Å². The van der Waals surface area contributed by atoms with E-state index in [0.717, 1.165) is 11.3 Å². The molecular formula is C20H16N2O3. The number of fused-ring (bicyclic) bond motifs is 1. The monoisotopic (exact) mass is 332 g/mol. The summed E-state index contributed by atoms with van der Waals surface area (Å²) >= 11 is 0. The van der Waals surface area contributed by atoms with Crippen LogP contribution in [0.2, 0.25) is 0 Å². The topological polar surface area (TPSA) is 61.3 Å². The molecule has 0 unspecified atom stereocenters. The van der Waals surface area contributed by atoms with Crippen LogP contribution in [0, 0.1) is 0 Å². The number of hydrogen-bond donors (Lipinski definition) is 0. The highest BCUT2D eigenvalue weighted by atomic mass is 16.5. The van der Waals surface area contributed by atoms with Crippen molar-refractivity contribution in [2.75, 3.05) is 6.61 Å². The lowest BCUT2D eigenvalue weighted by Gasteiger charge is -2.21. The van der Waals surface area contributed by atoms with Gasteiger partial charge in [0.05, 0.1) is 17.9 Å². The average Bonchev–Trinajstić information content (AvgIpc) is 2.68. The molecule has 0 bridgehead atoms. The molecule has 0 aliphatic carbocycles. The van der Waals surface area contributed by atoms with E-state index in [9.17, 15) is 4.79 Å². The zero-order valence-corrected chi connectivity index (χ0v) is 13.5. The molecule has 4 rings (SSSR count). The molecule has 0 N–H and O–H groups in total. The van der Waals surface area contributed by atoms with E-state index in [1.807, 2.05) is 30.3 Å². The lowest BCUT2D eigenvalue weighted by Crippen LogP contribution is -2.16. The fourth-order valence-corrected chi connectivity index (χ4v) is 2.82. The number of nitrogens with zero attached hydrogens (tertiary/aromatic N) is 2. The summed E-state index contributed by atoms with van der Waals surface area (Å²) in [5.41, 5.74) is 2.35. The van der Waals surface area contributed by atoms with Crippen molar-refractivity contribution in [3.8, 4) is 11.5 Å². The van der Waals surface area contributed by atoms with Crippen LogP contribution in [0.4, 0.5) is 0 Å². The quantitative estimate of drug-likeness (QED) is 0.730. The van der Waals surface area contributed by atoms with Crippen molar-refractivity contribution in [1.82, 2.24) is 9.97 Å². The van der Waals surface area contributed by atoms with E-state index < -0.39 is 0 Å². The minimum atomic E-state index is -0.374. The Hall–Kier alpha value is -3.21. The summed E-state index contributed by atoms with van der Waals surface area (Å²) in [5, 5.41) is 0. The molecule has 0 spiro atoms. The minimum Gasteiger partial charge on any atom is -0.492 e. The molecule has 5 nitrogen and oxygen atoms in total. The Morgan fingerprint density at radius 1 is 1.04 bits per heavy atom. The standard InChI is InChI=1S/C20H16N2O3/c23-18-8-12-24-19-13-15(4-5-16(18)19)25-20(14-6-10-21-11-7-14)17-3-1-2-9-22-17/h1-7,9-11,13,20H,8,12H2/t20-/m1/s1. The third-order valence-corrected chi connectivity index (χ3v) is 4.06. The van der Waals surface area contributed by atoms with Gasteiger partial charge >= 0.3 is 0 Å². The first-order chi connectivity index (χ1) is 12.3. The molecule has 0 fully saturated rings. The zero-order chi connectivity index (χ0) is 17.1. The molecule has 25 heavy (non-hydrogen) atoms. The maximum absolute atomic E-state index is 11.9. The number of Topliss-reactive ketones (excluding diaryl/α,β-unsaturated/α-hetero) is 1. The molecule has 0 radical (unpaired) electrons. The van der Waals surface area contributed by atoms with E-state index >= 15 is 0 Å². The second-order valence-corrected chi connectivity index (χ2v) is 5.71. The van der Waals surface area contributed by atoms with Crippen LogP contribution in [0.3, 0.4) is 0 Å².